The molecule has 0 heterocycles. The van der Waals surface area contributed by atoms with Crippen LogP contribution in [0.3, 0.4) is 0 Å². The van der Waals surface area contributed by atoms with Crippen LogP contribution in [0.25, 0.3) is 0 Å². The van der Waals surface area contributed by atoms with Crippen molar-refractivity contribution >= 4 is 5.97 Å². The summed E-state index contributed by atoms with van der Waals surface area (Å²) < 4.78 is 40.1. The summed E-state index contributed by atoms with van der Waals surface area (Å²) in [5, 5.41) is 2.84. The quantitative estimate of drug-likeness (QED) is 0.549. The third-order valence-electron chi connectivity index (χ3n) is 1.91. The number of nitrogens with one attached hydrogen (secondary N) is 1. The van der Waals surface area contributed by atoms with E-state index in [1.165, 1.54) is 0 Å². The van der Waals surface area contributed by atoms with E-state index in [-0.39, 0.29) is 31.4 Å². The van der Waals surface area contributed by atoms with Gasteiger partial charge in [0.1, 0.15) is 0 Å². The summed E-state index contributed by atoms with van der Waals surface area (Å²) in [4.78, 5) is 11.0. The van der Waals surface area contributed by atoms with Crippen LogP contribution in [-0.2, 0) is 9.53 Å². The summed E-state index contributed by atoms with van der Waals surface area (Å²) in [6, 6.07) is -0.160. The van der Waals surface area contributed by atoms with Crippen LogP contribution in [0.1, 0.15) is 33.1 Å². The van der Waals surface area contributed by atoms with Crippen LogP contribution in [0.4, 0.5) is 13.2 Å². The van der Waals surface area contributed by atoms with E-state index >= 15 is 0 Å². The molecule has 0 saturated carbocycles. The summed E-state index contributed by atoms with van der Waals surface area (Å²) in [5.41, 5.74) is 0. The molecule has 0 saturated heterocycles. The Morgan fingerprint density at radius 3 is 2.56 bits per heavy atom. The van der Waals surface area contributed by atoms with Crippen LogP contribution in [0.2, 0.25) is 0 Å². The van der Waals surface area contributed by atoms with E-state index in [1.54, 1.807) is 13.8 Å². The number of carbonyl (C=O) groups is 1. The van der Waals surface area contributed by atoms with E-state index in [1.807, 2.05) is 0 Å². The van der Waals surface area contributed by atoms with Gasteiger partial charge in [0, 0.05) is 12.5 Å². The van der Waals surface area contributed by atoms with Crippen molar-refractivity contribution in [3.05, 3.63) is 0 Å². The van der Waals surface area contributed by atoms with Crippen LogP contribution in [0.5, 0.6) is 0 Å². The van der Waals surface area contributed by atoms with Crippen LogP contribution in [-0.4, -0.2) is 31.3 Å². The van der Waals surface area contributed by atoms with Crippen LogP contribution >= 0.6 is 0 Å². The molecule has 96 valence electrons. The molecular formula is C10H18F3NO2. The number of hydrogen-bond acceptors (Lipinski definition) is 3. The Labute approximate surface area is 93.3 Å². The predicted octanol–water partition coefficient (Wildman–Crippen LogP) is 2.26. The third-order valence-corrected chi connectivity index (χ3v) is 1.91. The monoisotopic (exact) mass is 241 g/mol. The van der Waals surface area contributed by atoms with Crippen molar-refractivity contribution < 1.29 is 22.7 Å². The lowest BCUT2D eigenvalue weighted by atomic mass is 10.2. The molecule has 16 heavy (non-hydrogen) atoms. The molecule has 0 radical (unpaired) electrons. The molecule has 6 heteroatoms. The standard InChI is InChI=1S/C10H18F3NO2/c1-3-16-9(15)7-8(2)14-6-4-5-10(11,12)13/h8,14H,3-7H2,1-2H3. The SMILES string of the molecule is CCOC(=O)CC(C)NCCCC(F)(F)F. The van der Waals surface area contributed by atoms with E-state index in [2.05, 4.69) is 5.32 Å². The van der Waals surface area contributed by atoms with Gasteiger partial charge in [-0.05, 0) is 26.8 Å². The molecule has 0 rings (SSSR count). The maximum atomic E-state index is 11.8. The Balaban J connectivity index is 3.51. The minimum absolute atomic E-state index is 0.0245. The van der Waals surface area contributed by atoms with Crippen LogP contribution < -0.4 is 5.32 Å². The second kappa shape index (κ2) is 7.49. The Morgan fingerprint density at radius 1 is 1.44 bits per heavy atom. The highest BCUT2D eigenvalue weighted by Gasteiger charge is 2.25. The van der Waals surface area contributed by atoms with Gasteiger partial charge >= 0.3 is 12.1 Å². The first-order valence-electron chi connectivity index (χ1n) is 5.31. The van der Waals surface area contributed by atoms with Crippen molar-refractivity contribution in [2.75, 3.05) is 13.2 Å². The first kappa shape index (κ1) is 15.2. The van der Waals surface area contributed by atoms with Gasteiger partial charge in [-0.15, -0.1) is 0 Å². The zero-order chi connectivity index (χ0) is 12.6. The van der Waals surface area contributed by atoms with Crippen molar-refractivity contribution in [2.45, 2.75) is 45.3 Å². The van der Waals surface area contributed by atoms with Crippen molar-refractivity contribution in [3.8, 4) is 0 Å². The molecule has 0 aliphatic heterocycles. The normalized spacial score (nSPS) is 13.6. The molecule has 0 aliphatic rings. The van der Waals surface area contributed by atoms with Gasteiger partial charge in [0.15, 0.2) is 0 Å². The summed E-state index contributed by atoms with van der Waals surface area (Å²) in [5.74, 6) is -0.335. The summed E-state index contributed by atoms with van der Waals surface area (Å²) in [6.07, 6.45) is -4.70. The van der Waals surface area contributed by atoms with E-state index in [4.69, 9.17) is 4.74 Å². The fraction of sp³-hybridized carbons (Fsp3) is 0.900. The van der Waals surface area contributed by atoms with E-state index in [0.29, 0.717) is 6.61 Å². The van der Waals surface area contributed by atoms with Gasteiger partial charge < -0.3 is 10.1 Å². The van der Waals surface area contributed by atoms with E-state index in [9.17, 15) is 18.0 Å². The first-order chi connectivity index (χ1) is 7.35. The second-order valence-electron chi connectivity index (χ2n) is 3.58. The highest BCUT2D eigenvalue weighted by molar-refractivity contribution is 5.69. The fourth-order valence-electron chi connectivity index (χ4n) is 1.18. The van der Waals surface area contributed by atoms with E-state index < -0.39 is 12.6 Å². The van der Waals surface area contributed by atoms with Gasteiger partial charge in [0.2, 0.25) is 0 Å². The average Bonchev–Trinajstić information content (AvgIpc) is 2.11. The first-order valence-corrected chi connectivity index (χ1v) is 5.31. The van der Waals surface area contributed by atoms with Gasteiger partial charge in [0.05, 0.1) is 13.0 Å². The lowest BCUT2D eigenvalue weighted by Gasteiger charge is -2.13. The number of hydrogen-bond donors (Lipinski definition) is 1. The summed E-state index contributed by atoms with van der Waals surface area (Å²) in [7, 11) is 0. The van der Waals surface area contributed by atoms with Crippen molar-refractivity contribution in [2.24, 2.45) is 0 Å². The lowest BCUT2D eigenvalue weighted by Crippen LogP contribution is -2.30. The van der Waals surface area contributed by atoms with Crippen LogP contribution in [0, 0.1) is 0 Å². The zero-order valence-electron chi connectivity index (χ0n) is 9.56. The molecule has 0 bridgehead atoms. The maximum absolute atomic E-state index is 11.8. The van der Waals surface area contributed by atoms with E-state index in [0.717, 1.165) is 0 Å². The lowest BCUT2D eigenvalue weighted by molar-refractivity contribution is -0.143. The zero-order valence-corrected chi connectivity index (χ0v) is 9.56. The Hall–Kier alpha value is -0.780. The smallest absolute Gasteiger partial charge is 0.389 e. The number of alkyl halides is 3. The molecule has 0 aromatic heterocycles. The average molecular weight is 241 g/mol. The minimum atomic E-state index is -4.11. The Bertz CT molecular complexity index is 207. The van der Waals surface area contributed by atoms with Gasteiger partial charge in [-0.3, -0.25) is 4.79 Å². The number of halogens is 3. The van der Waals surface area contributed by atoms with Gasteiger partial charge in [0.25, 0.3) is 0 Å². The molecule has 0 aliphatic carbocycles. The molecule has 1 N–H and O–H groups in total. The topological polar surface area (TPSA) is 38.3 Å². The molecule has 3 nitrogen and oxygen atoms in total. The Kier molecular flexibility index (Phi) is 7.12. The minimum Gasteiger partial charge on any atom is -0.466 e. The Morgan fingerprint density at radius 2 is 2.06 bits per heavy atom. The van der Waals surface area contributed by atoms with Crippen molar-refractivity contribution in [3.63, 3.8) is 0 Å². The molecule has 0 aromatic rings. The number of ether oxygens (including phenoxy) is 1. The molecular weight excluding hydrogens is 223 g/mol. The van der Waals surface area contributed by atoms with Gasteiger partial charge in [-0.1, -0.05) is 0 Å². The number of carbonyl (C=O) groups excluding carboxylic acids is 1. The fourth-order valence-corrected chi connectivity index (χ4v) is 1.18. The van der Waals surface area contributed by atoms with Gasteiger partial charge in [-0.25, -0.2) is 0 Å². The molecule has 0 fully saturated rings. The molecule has 1 atom stereocenters. The maximum Gasteiger partial charge on any atom is 0.389 e. The highest BCUT2D eigenvalue weighted by atomic mass is 19.4. The molecule has 0 spiro atoms. The molecule has 1 unspecified atom stereocenters. The van der Waals surface area contributed by atoms with Crippen molar-refractivity contribution in [1.29, 1.82) is 0 Å². The second-order valence-corrected chi connectivity index (χ2v) is 3.58. The highest BCUT2D eigenvalue weighted by Crippen LogP contribution is 2.20. The summed E-state index contributed by atoms with van der Waals surface area (Å²) in [6.45, 7) is 4.02. The number of esters is 1. The summed E-state index contributed by atoms with van der Waals surface area (Å²) >= 11 is 0. The van der Waals surface area contributed by atoms with Gasteiger partial charge in [-0.2, -0.15) is 13.2 Å². The predicted molar refractivity (Wildman–Crippen MR) is 54.0 cm³/mol. The largest absolute Gasteiger partial charge is 0.466 e. The van der Waals surface area contributed by atoms with Crippen molar-refractivity contribution in [1.82, 2.24) is 5.32 Å². The van der Waals surface area contributed by atoms with Crippen LogP contribution in [0.15, 0.2) is 0 Å². The molecule has 0 amide bonds. The molecule has 0 aromatic carbocycles. The number of rotatable bonds is 7. The third kappa shape index (κ3) is 9.76.